The zero-order valence-corrected chi connectivity index (χ0v) is 10.6. The predicted octanol–water partition coefficient (Wildman–Crippen LogP) is 2.31. The molecule has 1 aliphatic rings. The highest BCUT2D eigenvalue weighted by Crippen LogP contribution is 2.23. The monoisotopic (exact) mass is 246 g/mol. The first kappa shape index (κ1) is 11.5. The minimum absolute atomic E-state index is 0.675. The summed E-state index contributed by atoms with van der Waals surface area (Å²) in [5.41, 5.74) is 1.09. The van der Waals surface area contributed by atoms with E-state index in [9.17, 15) is 0 Å². The third-order valence-corrected chi connectivity index (χ3v) is 3.61. The highest BCUT2D eigenvalue weighted by molar-refractivity contribution is 5.49. The summed E-state index contributed by atoms with van der Waals surface area (Å²) in [6.45, 7) is 1.76. The van der Waals surface area contributed by atoms with Crippen molar-refractivity contribution < 1.29 is 9.47 Å². The second kappa shape index (κ2) is 4.98. The molecule has 0 N–H and O–H groups in total. The van der Waals surface area contributed by atoms with Crippen molar-refractivity contribution in [2.45, 2.75) is 19.3 Å². The van der Waals surface area contributed by atoms with Gasteiger partial charge in [0.15, 0.2) is 5.88 Å². The van der Waals surface area contributed by atoms with Crippen molar-refractivity contribution in [3.05, 3.63) is 30.2 Å². The van der Waals surface area contributed by atoms with Gasteiger partial charge in [0.05, 0.1) is 18.8 Å². The van der Waals surface area contributed by atoms with Gasteiger partial charge in [-0.1, -0.05) is 6.07 Å². The molecule has 0 saturated carbocycles. The molecule has 3 rings (SSSR count). The maximum absolute atomic E-state index is 5.41. The Morgan fingerprint density at radius 2 is 2.22 bits per heavy atom. The van der Waals surface area contributed by atoms with E-state index in [2.05, 4.69) is 15.5 Å². The van der Waals surface area contributed by atoms with E-state index in [-0.39, 0.29) is 0 Å². The molecule has 1 fully saturated rings. The van der Waals surface area contributed by atoms with Crippen molar-refractivity contribution in [3.63, 3.8) is 0 Å². The van der Waals surface area contributed by atoms with E-state index in [0.717, 1.165) is 49.7 Å². The Labute approximate surface area is 107 Å². The van der Waals surface area contributed by atoms with Crippen molar-refractivity contribution in [2.75, 3.05) is 20.3 Å². The summed E-state index contributed by atoms with van der Waals surface area (Å²) in [7, 11) is 1.70. The van der Waals surface area contributed by atoms with Crippen LogP contribution in [0.25, 0.3) is 5.52 Å². The lowest BCUT2D eigenvalue weighted by Gasteiger charge is -2.21. The van der Waals surface area contributed by atoms with Crippen molar-refractivity contribution in [1.29, 1.82) is 0 Å². The van der Waals surface area contributed by atoms with Crippen LogP contribution in [0.4, 0.5) is 0 Å². The highest BCUT2D eigenvalue weighted by Gasteiger charge is 2.17. The quantitative estimate of drug-likeness (QED) is 0.833. The average molecular weight is 246 g/mol. The van der Waals surface area contributed by atoms with Crippen LogP contribution in [0.1, 0.15) is 18.7 Å². The number of fused-ring (bicyclic) bond motifs is 1. The van der Waals surface area contributed by atoms with Crippen LogP contribution in [0.15, 0.2) is 24.4 Å². The van der Waals surface area contributed by atoms with Crippen LogP contribution in [0.5, 0.6) is 5.88 Å². The molecule has 2 aromatic heterocycles. The largest absolute Gasteiger partial charge is 0.482 e. The molecule has 96 valence electrons. The molecule has 0 radical (unpaired) electrons. The van der Waals surface area contributed by atoms with Crippen LogP contribution in [0.2, 0.25) is 0 Å². The molecule has 0 atom stereocenters. The van der Waals surface area contributed by atoms with Gasteiger partial charge in [0, 0.05) is 19.6 Å². The van der Waals surface area contributed by atoms with Gasteiger partial charge >= 0.3 is 0 Å². The lowest BCUT2D eigenvalue weighted by molar-refractivity contribution is 0.0659. The minimum Gasteiger partial charge on any atom is -0.482 e. The first-order valence-electron chi connectivity index (χ1n) is 6.45. The van der Waals surface area contributed by atoms with E-state index in [4.69, 9.17) is 9.47 Å². The predicted molar refractivity (Wildman–Crippen MR) is 69.0 cm³/mol. The standard InChI is InChI=1S/C14H18N2O2/c1-17-14-4-2-3-12-10-15-13(16(12)14)9-11-5-7-18-8-6-11/h2-4,10-11H,5-9H2,1H3. The first-order valence-corrected chi connectivity index (χ1v) is 6.45. The maximum atomic E-state index is 5.41. The number of hydrogen-bond donors (Lipinski definition) is 0. The number of aromatic nitrogens is 2. The summed E-state index contributed by atoms with van der Waals surface area (Å²) < 4.78 is 12.9. The van der Waals surface area contributed by atoms with Gasteiger partial charge in [0.1, 0.15) is 5.82 Å². The third kappa shape index (κ3) is 2.08. The summed E-state index contributed by atoms with van der Waals surface area (Å²) in [5.74, 6) is 2.62. The smallest absolute Gasteiger partial charge is 0.199 e. The van der Waals surface area contributed by atoms with Gasteiger partial charge in [0.2, 0.25) is 0 Å². The van der Waals surface area contributed by atoms with Gasteiger partial charge < -0.3 is 9.47 Å². The molecule has 4 heteroatoms. The molecule has 1 aliphatic heterocycles. The van der Waals surface area contributed by atoms with E-state index < -0.39 is 0 Å². The second-order valence-electron chi connectivity index (χ2n) is 4.76. The van der Waals surface area contributed by atoms with Crippen molar-refractivity contribution in [2.24, 2.45) is 5.92 Å². The van der Waals surface area contributed by atoms with Gasteiger partial charge in [-0.3, -0.25) is 4.40 Å². The summed E-state index contributed by atoms with van der Waals surface area (Å²) in [5, 5.41) is 0. The fourth-order valence-electron chi connectivity index (χ4n) is 2.59. The van der Waals surface area contributed by atoms with Crippen LogP contribution in [-0.2, 0) is 11.2 Å². The topological polar surface area (TPSA) is 35.8 Å². The van der Waals surface area contributed by atoms with Crippen LogP contribution in [0, 0.1) is 5.92 Å². The zero-order chi connectivity index (χ0) is 12.4. The Morgan fingerprint density at radius 1 is 1.39 bits per heavy atom. The average Bonchev–Trinajstić information content (AvgIpc) is 2.83. The highest BCUT2D eigenvalue weighted by atomic mass is 16.5. The number of methoxy groups -OCH3 is 1. The SMILES string of the molecule is COc1cccc2cnc(CC3CCOCC3)n12. The van der Waals surface area contributed by atoms with E-state index in [0.29, 0.717) is 5.92 Å². The Balaban J connectivity index is 1.91. The van der Waals surface area contributed by atoms with Gasteiger partial charge in [-0.2, -0.15) is 0 Å². The van der Waals surface area contributed by atoms with Crippen LogP contribution in [-0.4, -0.2) is 29.7 Å². The minimum atomic E-state index is 0.675. The summed E-state index contributed by atoms with van der Waals surface area (Å²) >= 11 is 0. The summed E-state index contributed by atoms with van der Waals surface area (Å²) in [4.78, 5) is 4.54. The van der Waals surface area contributed by atoms with E-state index >= 15 is 0 Å². The molecule has 4 nitrogen and oxygen atoms in total. The molecule has 18 heavy (non-hydrogen) atoms. The molecule has 1 saturated heterocycles. The number of pyridine rings is 1. The number of nitrogens with zero attached hydrogens (tertiary/aromatic N) is 2. The van der Waals surface area contributed by atoms with E-state index in [1.54, 1.807) is 7.11 Å². The molecule has 0 aliphatic carbocycles. The lowest BCUT2D eigenvalue weighted by atomic mass is 9.96. The molecule has 0 spiro atoms. The summed E-state index contributed by atoms with van der Waals surface area (Å²) in [6, 6.07) is 6.03. The third-order valence-electron chi connectivity index (χ3n) is 3.61. The van der Waals surface area contributed by atoms with Crippen LogP contribution < -0.4 is 4.74 Å². The molecule has 2 aromatic rings. The first-order chi connectivity index (χ1) is 8.88. The Bertz CT molecular complexity index is 530. The molecule has 3 heterocycles. The summed E-state index contributed by atoms with van der Waals surface area (Å²) in [6.07, 6.45) is 5.17. The Hall–Kier alpha value is -1.55. The Morgan fingerprint density at radius 3 is 3.00 bits per heavy atom. The molecule has 0 amide bonds. The van der Waals surface area contributed by atoms with Gasteiger partial charge in [0.25, 0.3) is 0 Å². The van der Waals surface area contributed by atoms with Gasteiger partial charge in [-0.15, -0.1) is 0 Å². The van der Waals surface area contributed by atoms with Crippen molar-refractivity contribution >= 4 is 5.52 Å². The molecule has 0 aromatic carbocycles. The second-order valence-corrected chi connectivity index (χ2v) is 4.76. The molecular formula is C14H18N2O2. The lowest BCUT2D eigenvalue weighted by Crippen LogP contribution is -2.18. The molecular weight excluding hydrogens is 228 g/mol. The van der Waals surface area contributed by atoms with Gasteiger partial charge in [-0.05, 0) is 30.9 Å². The number of hydrogen-bond acceptors (Lipinski definition) is 3. The fourth-order valence-corrected chi connectivity index (χ4v) is 2.59. The van der Waals surface area contributed by atoms with Gasteiger partial charge in [-0.25, -0.2) is 4.98 Å². The number of imidazole rings is 1. The molecule has 0 unspecified atom stereocenters. The van der Waals surface area contributed by atoms with E-state index in [1.165, 1.54) is 0 Å². The number of ether oxygens (including phenoxy) is 2. The van der Waals surface area contributed by atoms with Crippen LogP contribution in [0.3, 0.4) is 0 Å². The fraction of sp³-hybridized carbons (Fsp3) is 0.500. The van der Waals surface area contributed by atoms with Crippen molar-refractivity contribution in [3.8, 4) is 5.88 Å². The van der Waals surface area contributed by atoms with E-state index in [1.807, 2.05) is 18.3 Å². The normalized spacial score (nSPS) is 17.2. The molecule has 0 bridgehead atoms. The number of rotatable bonds is 3. The maximum Gasteiger partial charge on any atom is 0.199 e. The van der Waals surface area contributed by atoms with Crippen LogP contribution >= 0.6 is 0 Å². The zero-order valence-electron chi connectivity index (χ0n) is 10.6. The van der Waals surface area contributed by atoms with Crippen molar-refractivity contribution in [1.82, 2.24) is 9.38 Å². The Kier molecular flexibility index (Phi) is 3.19.